The van der Waals surface area contributed by atoms with E-state index in [1.807, 2.05) is 22.7 Å². The molecule has 0 amide bonds. The zero-order valence-electron chi connectivity index (χ0n) is 13.3. The molecule has 130 valence electrons. The number of halogens is 1. The summed E-state index contributed by atoms with van der Waals surface area (Å²) in [6, 6.07) is 6.91. The molecule has 9 heteroatoms. The first-order chi connectivity index (χ1) is 10.4. The van der Waals surface area contributed by atoms with Crippen LogP contribution in [0, 0.1) is 0 Å². The Balaban J connectivity index is 0.00000264. The van der Waals surface area contributed by atoms with Crippen LogP contribution in [0.4, 0.5) is 0 Å². The Labute approximate surface area is 159 Å². The molecule has 2 N–H and O–H groups in total. The van der Waals surface area contributed by atoms with Crippen molar-refractivity contribution in [1.29, 1.82) is 0 Å². The van der Waals surface area contributed by atoms with Crippen molar-refractivity contribution in [2.75, 3.05) is 38.7 Å². The molecule has 1 aromatic carbocycles. The lowest BCUT2D eigenvalue weighted by Crippen LogP contribution is -2.42. The van der Waals surface area contributed by atoms with Crippen molar-refractivity contribution in [3.8, 4) is 0 Å². The van der Waals surface area contributed by atoms with Crippen LogP contribution >= 0.6 is 35.7 Å². The summed E-state index contributed by atoms with van der Waals surface area (Å²) in [5, 5.41) is 0. The highest BCUT2D eigenvalue weighted by molar-refractivity contribution is 14.0. The number of hydrogen-bond acceptors (Lipinski definition) is 4. The molecule has 0 bridgehead atoms. The fourth-order valence-electron chi connectivity index (χ4n) is 2.14. The Morgan fingerprint density at radius 3 is 2.52 bits per heavy atom. The van der Waals surface area contributed by atoms with Crippen molar-refractivity contribution in [1.82, 2.24) is 9.21 Å². The summed E-state index contributed by atoms with van der Waals surface area (Å²) >= 11 is 1.90. The van der Waals surface area contributed by atoms with Gasteiger partial charge in [0.2, 0.25) is 10.0 Å². The smallest absolute Gasteiger partial charge is 0.242 e. The molecule has 23 heavy (non-hydrogen) atoms. The quantitative estimate of drug-likeness (QED) is 0.409. The van der Waals surface area contributed by atoms with Crippen LogP contribution in [0.25, 0.3) is 0 Å². The van der Waals surface area contributed by atoms with Crippen LogP contribution in [0.15, 0.2) is 34.2 Å². The van der Waals surface area contributed by atoms with Crippen molar-refractivity contribution < 1.29 is 8.42 Å². The monoisotopic (exact) mass is 470 g/mol. The van der Waals surface area contributed by atoms with E-state index in [1.165, 1.54) is 18.4 Å². The molecule has 2 rings (SSSR count). The van der Waals surface area contributed by atoms with E-state index in [9.17, 15) is 8.42 Å². The van der Waals surface area contributed by atoms with E-state index in [0.29, 0.717) is 11.5 Å². The van der Waals surface area contributed by atoms with Gasteiger partial charge in [-0.2, -0.15) is 11.8 Å². The number of guanidine groups is 1. The summed E-state index contributed by atoms with van der Waals surface area (Å²) in [5.74, 6) is 2.57. The van der Waals surface area contributed by atoms with Gasteiger partial charge in [0.15, 0.2) is 5.96 Å². The van der Waals surface area contributed by atoms with Crippen LogP contribution < -0.4 is 5.73 Å². The molecule has 6 nitrogen and oxygen atoms in total. The van der Waals surface area contributed by atoms with Crippen molar-refractivity contribution in [3.05, 3.63) is 29.8 Å². The highest BCUT2D eigenvalue weighted by Gasteiger charge is 2.20. The van der Waals surface area contributed by atoms with Crippen molar-refractivity contribution in [2.45, 2.75) is 11.4 Å². The second kappa shape index (κ2) is 9.09. The van der Waals surface area contributed by atoms with Crippen molar-refractivity contribution in [2.24, 2.45) is 10.7 Å². The minimum Gasteiger partial charge on any atom is -0.370 e. The number of benzene rings is 1. The van der Waals surface area contributed by atoms with Gasteiger partial charge in [-0.1, -0.05) is 18.2 Å². The number of rotatable bonds is 4. The largest absolute Gasteiger partial charge is 0.370 e. The van der Waals surface area contributed by atoms with Crippen molar-refractivity contribution >= 4 is 51.7 Å². The first-order valence-electron chi connectivity index (χ1n) is 7.06. The fourth-order valence-corrected chi connectivity index (χ4v) is 4.15. The molecule has 0 aromatic heterocycles. The van der Waals surface area contributed by atoms with Crippen LogP contribution in [0.2, 0.25) is 0 Å². The summed E-state index contributed by atoms with van der Waals surface area (Å²) in [4.78, 5) is 6.70. The zero-order chi connectivity index (χ0) is 16.2. The molecule has 1 saturated heterocycles. The van der Waals surface area contributed by atoms with Gasteiger partial charge >= 0.3 is 0 Å². The number of nitrogens with two attached hydrogens (primary N) is 1. The van der Waals surface area contributed by atoms with E-state index in [4.69, 9.17) is 5.73 Å². The number of aliphatic imine (C=N–C) groups is 1. The second-order valence-electron chi connectivity index (χ2n) is 5.17. The number of hydrogen-bond donors (Lipinski definition) is 1. The number of sulfonamides is 1. The first kappa shape index (κ1) is 20.5. The van der Waals surface area contributed by atoms with Crippen LogP contribution in [0.3, 0.4) is 0 Å². The van der Waals surface area contributed by atoms with E-state index in [1.54, 1.807) is 18.2 Å². The molecule has 1 fully saturated rings. The molecule has 0 spiro atoms. The van der Waals surface area contributed by atoms with Crippen molar-refractivity contribution in [3.63, 3.8) is 0 Å². The van der Waals surface area contributed by atoms with Gasteiger partial charge in [-0.25, -0.2) is 17.7 Å². The topological polar surface area (TPSA) is 79.0 Å². The summed E-state index contributed by atoms with van der Waals surface area (Å²) in [6.07, 6.45) is 0. The van der Waals surface area contributed by atoms with E-state index in [-0.39, 0.29) is 35.4 Å². The average Bonchev–Trinajstić information content (AvgIpc) is 2.53. The van der Waals surface area contributed by atoms with Crippen LogP contribution in [0.5, 0.6) is 0 Å². The molecular formula is C14H23IN4O2S2. The summed E-state index contributed by atoms with van der Waals surface area (Å²) in [6.45, 7) is 2.04. The molecule has 0 radical (unpaired) electrons. The molecule has 1 aromatic rings. The Morgan fingerprint density at radius 1 is 1.30 bits per heavy atom. The third-order valence-corrected chi connectivity index (χ3v) is 6.34. The van der Waals surface area contributed by atoms with E-state index < -0.39 is 10.0 Å². The zero-order valence-corrected chi connectivity index (χ0v) is 17.3. The van der Waals surface area contributed by atoms with Gasteiger partial charge in [-0.3, -0.25) is 0 Å². The predicted octanol–water partition coefficient (Wildman–Crippen LogP) is 1.42. The van der Waals surface area contributed by atoms with E-state index in [0.717, 1.165) is 24.6 Å². The maximum Gasteiger partial charge on any atom is 0.242 e. The van der Waals surface area contributed by atoms with E-state index >= 15 is 0 Å². The van der Waals surface area contributed by atoms with Crippen LogP contribution in [-0.4, -0.2) is 62.3 Å². The molecular weight excluding hydrogens is 447 g/mol. The van der Waals surface area contributed by atoms with Crippen LogP contribution in [-0.2, 0) is 16.6 Å². The van der Waals surface area contributed by atoms with Gasteiger partial charge < -0.3 is 10.6 Å². The molecule has 0 saturated carbocycles. The highest BCUT2D eigenvalue weighted by Crippen LogP contribution is 2.19. The third-order valence-electron chi connectivity index (χ3n) is 3.48. The predicted molar refractivity (Wildman–Crippen MR) is 107 cm³/mol. The molecule has 1 aliphatic heterocycles. The minimum atomic E-state index is -3.47. The average molecular weight is 470 g/mol. The first-order valence-corrected chi connectivity index (χ1v) is 9.65. The number of nitrogens with zero attached hydrogens (tertiary/aromatic N) is 3. The Bertz CT molecular complexity index is 644. The summed E-state index contributed by atoms with van der Waals surface area (Å²) < 4.78 is 25.9. The van der Waals surface area contributed by atoms with Gasteiger partial charge in [-0.05, 0) is 11.6 Å². The lowest BCUT2D eigenvalue weighted by Gasteiger charge is -2.27. The van der Waals surface area contributed by atoms with Gasteiger partial charge in [-0.15, -0.1) is 24.0 Å². The number of thioether (sulfide) groups is 1. The lowest BCUT2D eigenvalue weighted by molar-refractivity contribution is 0.455. The lowest BCUT2D eigenvalue weighted by atomic mass is 10.2. The van der Waals surface area contributed by atoms with Crippen LogP contribution in [0.1, 0.15) is 5.56 Å². The maximum absolute atomic E-state index is 12.3. The third kappa shape index (κ3) is 5.23. The molecule has 1 heterocycles. The summed E-state index contributed by atoms with van der Waals surface area (Å²) in [5.41, 5.74) is 6.68. The van der Waals surface area contributed by atoms with Gasteiger partial charge in [0.05, 0.1) is 11.4 Å². The normalized spacial score (nSPS) is 16.3. The SMILES string of the molecule is CN(C)S(=O)(=O)c1ccccc1CN=C(N)N1CCSCC1.I. The molecule has 0 atom stereocenters. The molecule has 0 unspecified atom stereocenters. The summed E-state index contributed by atoms with van der Waals surface area (Å²) in [7, 11) is -0.428. The Morgan fingerprint density at radius 2 is 1.91 bits per heavy atom. The second-order valence-corrected chi connectivity index (χ2v) is 8.51. The van der Waals surface area contributed by atoms with Gasteiger partial charge in [0, 0.05) is 38.7 Å². The molecule has 0 aliphatic carbocycles. The Kier molecular flexibility index (Phi) is 8.11. The Hall–Kier alpha value is -0.520. The molecule has 1 aliphatic rings. The van der Waals surface area contributed by atoms with E-state index in [2.05, 4.69) is 4.99 Å². The fraction of sp³-hybridized carbons (Fsp3) is 0.500. The standard InChI is InChI=1S/C14H22N4O2S2.HI/c1-17(2)22(19,20)13-6-4-3-5-12(13)11-16-14(15)18-7-9-21-10-8-18;/h3-6H,7-11H2,1-2H3,(H2,15,16);1H. The van der Waals surface area contributed by atoms with Gasteiger partial charge in [0.25, 0.3) is 0 Å². The highest BCUT2D eigenvalue weighted by atomic mass is 127. The van der Waals surface area contributed by atoms with Gasteiger partial charge in [0.1, 0.15) is 0 Å². The maximum atomic E-state index is 12.3. The minimum absolute atomic E-state index is 0.